The fourth-order valence-electron chi connectivity index (χ4n) is 1.20. The van der Waals surface area contributed by atoms with Gasteiger partial charge in [0.2, 0.25) is 0 Å². The first-order valence-corrected chi connectivity index (χ1v) is 3.32. The van der Waals surface area contributed by atoms with E-state index in [9.17, 15) is 9.90 Å². The van der Waals surface area contributed by atoms with Gasteiger partial charge in [0, 0.05) is 12.5 Å². The van der Waals surface area contributed by atoms with E-state index in [1.807, 2.05) is 0 Å². The molecule has 1 rings (SSSR count). The summed E-state index contributed by atoms with van der Waals surface area (Å²) < 4.78 is 0. The number of nitrogens with two attached hydrogens (primary N) is 1. The van der Waals surface area contributed by atoms with E-state index in [0.29, 0.717) is 0 Å². The molecule has 64 valence electrons. The van der Waals surface area contributed by atoms with E-state index >= 15 is 0 Å². The van der Waals surface area contributed by atoms with Crippen molar-refractivity contribution in [3.63, 3.8) is 0 Å². The zero-order chi connectivity index (χ0) is 8.65. The van der Waals surface area contributed by atoms with Crippen LogP contribution in [-0.4, -0.2) is 45.5 Å². The van der Waals surface area contributed by atoms with Crippen LogP contribution in [0.15, 0.2) is 0 Å². The lowest BCUT2D eigenvalue weighted by molar-refractivity contribution is -0.147. The lowest BCUT2D eigenvalue weighted by Gasteiger charge is -2.22. The summed E-state index contributed by atoms with van der Waals surface area (Å²) in [5.41, 5.74) is 3.25. The average Bonchev–Trinajstić information content (AvgIpc) is 2.16. The molecular weight excluding hydrogens is 150 g/mol. The molecule has 0 aromatic carbocycles. The Morgan fingerprint density at radius 3 is 2.45 bits per heavy atom. The number of ketones is 1. The van der Waals surface area contributed by atoms with E-state index in [1.165, 1.54) is 0 Å². The van der Waals surface area contributed by atoms with Crippen LogP contribution in [0.1, 0.15) is 6.42 Å². The molecule has 5 N–H and O–H groups in total. The number of carbonyl (C=O) groups excluding carboxylic acids is 1. The molecule has 0 aromatic heterocycles. The molecule has 1 fully saturated rings. The maximum atomic E-state index is 10.9. The highest BCUT2D eigenvalue weighted by atomic mass is 16.4. The molecule has 5 heteroatoms. The molecule has 0 bridgehead atoms. The highest BCUT2D eigenvalue weighted by Crippen LogP contribution is 2.25. The van der Waals surface area contributed by atoms with Gasteiger partial charge >= 0.3 is 0 Å². The number of Topliss-reactive ketones (excluding diaryl/α,β-unsaturated/α-hetero) is 1. The van der Waals surface area contributed by atoms with Gasteiger partial charge in [-0.1, -0.05) is 0 Å². The number of aliphatic hydroxyl groups is 3. The molecular formula is C6H11NO4. The second-order valence-corrected chi connectivity index (χ2v) is 2.82. The number of aliphatic hydroxyl groups excluding tert-OH is 2. The minimum Gasteiger partial charge on any atom is -0.393 e. The first-order chi connectivity index (χ1) is 5.02. The minimum absolute atomic E-state index is 0.0851. The van der Waals surface area contributed by atoms with E-state index < -0.39 is 30.1 Å². The first kappa shape index (κ1) is 8.61. The quantitative estimate of drug-likeness (QED) is 0.337. The lowest BCUT2D eigenvalue weighted by Crippen LogP contribution is -2.50. The molecule has 3 atom stereocenters. The zero-order valence-corrected chi connectivity index (χ0v) is 5.90. The topological polar surface area (TPSA) is 104 Å². The maximum Gasteiger partial charge on any atom is 0.173 e. The summed E-state index contributed by atoms with van der Waals surface area (Å²) in [5, 5.41) is 27.0. The summed E-state index contributed by atoms with van der Waals surface area (Å²) in [7, 11) is 0. The van der Waals surface area contributed by atoms with Crippen molar-refractivity contribution in [2.75, 3.05) is 6.61 Å². The Labute approximate surface area is 63.4 Å². The Kier molecular flexibility index (Phi) is 1.98. The van der Waals surface area contributed by atoms with Gasteiger partial charge in [0.05, 0.1) is 6.61 Å². The number of hydrogen-bond acceptors (Lipinski definition) is 5. The summed E-state index contributed by atoms with van der Waals surface area (Å²) in [6.45, 7) is -0.777. The van der Waals surface area contributed by atoms with Crippen LogP contribution in [-0.2, 0) is 4.79 Å². The van der Waals surface area contributed by atoms with Crippen molar-refractivity contribution >= 4 is 5.78 Å². The van der Waals surface area contributed by atoms with Gasteiger partial charge in [-0.3, -0.25) is 4.79 Å². The van der Waals surface area contributed by atoms with Crippen LogP contribution in [0.5, 0.6) is 0 Å². The van der Waals surface area contributed by atoms with Gasteiger partial charge in [-0.15, -0.1) is 0 Å². The van der Waals surface area contributed by atoms with Crippen LogP contribution in [0.3, 0.4) is 0 Å². The molecule has 1 unspecified atom stereocenters. The van der Waals surface area contributed by atoms with Gasteiger partial charge < -0.3 is 21.1 Å². The fourth-order valence-corrected chi connectivity index (χ4v) is 1.20. The molecule has 1 saturated carbocycles. The van der Waals surface area contributed by atoms with Crippen molar-refractivity contribution in [1.82, 2.24) is 0 Å². The van der Waals surface area contributed by atoms with Crippen LogP contribution in [0.2, 0.25) is 0 Å². The molecule has 0 amide bonds. The molecule has 11 heavy (non-hydrogen) atoms. The van der Waals surface area contributed by atoms with Gasteiger partial charge in [0.25, 0.3) is 0 Å². The molecule has 0 spiro atoms. The van der Waals surface area contributed by atoms with E-state index in [1.54, 1.807) is 0 Å². The Morgan fingerprint density at radius 2 is 2.27 bits per heavy atom. The molecule has 1 aliphatic rings. The van der Waals surface area contributed by atoms with Gasteiger partial charge in [-0.25, -0.2) is 0 Å². The predicted octanol–water partition coefficient (Wildman–Crippen LogP) is -2.63. The molecule has 0 aliphatic heterocycles. The highest BCUT2D eigenvalue weighted by Gasteiger charge is 2.51. The molecule has 0 heterocycles. The van der Waals surface area contributed by atoms with Crippen LogP contribution in [0, 0.1) is 0 Å². The average molecular weight is 161 g/mol. The summed E-state index contributed by atoms with van der Waals surface area (Å²) in [6, 6.07) is -0.764. The Morgan fingerprint density at radius 1 is 1.73 bits per heavy atom. The molecule has 5 nitrogen and oxygen atoms in total. The second-order valence-electron chi connectivity index (χ2n) is 2.82. The van der Waals surface area contributed by atoms with Gasteiger partial charge in [0.15, 0.2) is 11.4 Å². The number of hydrogen-bond donors (Lipinski definition) is 4. The third-order valence-corrected chi connectivity index (χ3v) is 2.04. The first-order valence-electron chi connectivity index (χ1n) is 3.32. The monoisotopic (exact) mass is 161 g/mol. The Hall–Kier alpha value is -0.490. The zero-order valence-electron chi connectivity index (χ0n) is 5.90. The third kappa shape index (κ3) is 1.06. The molecule has 0 radical (unpaired) electrons. The molecule has 0 saturated heterocycles. The predicted molar refractivity (Wildman–Crippen MR) is 35.6 cm³/mol. The number of rotatable bonds is 1. The SMILES string of the molecule is N[C@H]1CC(=O)C(O)(CO)[C@@H]1O. The Balaban J connectivity index is 2.87. The van der Waals surface area contributed by atoms with Gasteiger partial charge in [-0.05, 0) is 0 Å². The smallest absolute Gasteiger partial charge is 0.173 e. The van der Waals surface area contributed by atoms with Crippen molar-refractivity contribution in [1.29, 1.82) is 0 Å². The summed E-state index contributed by atoms with van der Waals surface area (Å²) in [6.07, 6.45) is -1.43. The maximum absolute atomic E-state index is 10.9. The minimum atomic E-state index is -2.03. The number of carbonyl (C=O) groups is 1. The van der Waals surface area contributed by atoms with Crippen molar-refractivity contribution in [3.8, 4) is 0 Å². The van der Waals surface area contributed by atoms with E-state index in [-0.39, 0.29) is 6.42 Å². The van der Waals surface area contributed by atoms with Crippen molar-refractivity contribution in [3.05, 3.63) is 0 Å². The van der Waals surface area contributed by atoms with E-state index in [4.69, 9.17) is 15.9 Å². The Bertz CT molecular complexity index is 183. The summed E-state index contributed by atoms with van der Waals surface area (Å²) in [5.74, 6) is -0.597. The third-order valence-electron chi connectivity index (χ3n) is 2.04. The fraction of sp³-hybridized carbons (Fsp3) is 0.833. The largest absolute Gasteiger partial charge is 0.393 e. The lowest BCUT2D eigenvalue weighted by atomic mass is 10.00. The van der Waals surface area contributed by atoms with Crippen LogP contribution < -0.4 is 5.73 Å². The van der Waals surface area contributed by atoms with Crippen LogP contribution in [0.4, 0.5) is 0 Å². The van der Waals surface area contributed by atoms with Crippen LogP contribution in [0.25, 0.3) is 0 Å². The van der Waals surface area contributed by atoms with E-state index in [0.717, 1.165) is 0 Å². The molecule has 0 aromatic rings. The summed E-state index contributed by atoms with van der Waals surface area (Å²) >= 11 is 0. The van der Waals surface area contributed by atoms with Crippen molar-refractivity contribution < 1.29 is 20.1 Å². The van der Waals surface area contributed by atoms with Crippen LogP contribution >= 0.6 is 0 Å². The second kappa shape index (κ2) is 2.53. The normalized spacial score (nSPS) is 44.9. The van der Waals surface area contributed by atoms with E-state index in [2.05, 4.69) is 0 Å². The van der Waals surface area contributed by atoms with Crippen molar-refractivity contribution in [2.24, 2.45) is 5.73 Å². The van der Waals surface area contributed by atoms with Crippen molar-refractivity contribution in [2.45, 2.75) is 24.2 Å². The van der Waals surface area contributed by atoms with Gasteiger partial charge in [-0.2, -0.15) is 0 Å². The van der Waals surface area contributed by atoms with Gasteiger partial charge in [0.1, 0.15) is 6.10 Å². The highest BCUT2D eigenvalue weighted by molar-refractivity contribution is 5.91. The summed E-state index contributed by atoms with van der Waals surface area (Å²) in [4.78, 5) is 10.9. The standard InChI is InChI=1S/C6H11NO4/c7-3-1-4(9)6(11,2-8)5(3)10/h3,5,8,10-11H,1-2,7H2/t3-,5+,6?/m0/s1. The molecule has 1 aliphatic carbocycles.